The number of nitrogens with one attached hydrogen (secondary N) is 1. The zero-order chi connectivity index (χ0) is 28.4. The van der Waals surface area contributed by atoms with E-state index in [2.05, 4.69) is 21.6 Å². The molecular weight excluding hydrogens is 531 g/mol. The van der Waals surface area contributed by atoms with Crippen LogP contribution in [0.2, 0.25) is 0 Å². The van der Waals surface area contributed by atoms with Crippen LogP contribution in [0.1, 0.15) is 95.4 Å². The van der Waals surface area contributed by atoms with Gasteiger partial charge >= 0.3 is 6.18 Å². The molecule has 3 aromatic rings. The quantitative estimate of drug-likeness (QED) is 0.408. The number of carbonyl (C=O) groups excluding carboxylic acids is 1. The Morgan fingerprint density at radius 1 is 1.10 bits per heavy atom. The monoisotopic (exact) mass is 565 g/mol. The lowest BCUT2D eigenvalue weighted by Gasteiger charge is -2.41. The van der Waals surface area contributed by atoms with Crippen LogP contribution in [-0.4, -0.2) is 33.3 Å². The van der Waals surface area contributed by atoms with Gasteiger partial charge in [-0.15, -0.1) is 10.2 Å². The van der Waals surface area contributed by atoms with Gasteiger partial charge in [0.1, 0.15) is 17.9 Å². The van der Waals surface area contributed by atoms with Crippen LogP contribution in [0.5, 0.6) is 5.75 Å². The number of nitrogens with zero attached hydrogens (tertiary/aromatic N) is 4. The second-order valence-corrected chi connectivity index (χ2v) is 12.1. The fraction of sp³-hybridized carbons (Fsp3) is 0.516. The molecule has 41 heavy (non-hydrogen) atoms. The predicted octanol–water partition coefficient (Wildman–Crippen LogP) is 5.82. The molecule has 2 fully saturated rings. The van der Waals surface area contributed by atoms with Gasteiger partial charge in [0.15, 0.2) is 0 Å². The van der Waals surface area contributed by atoms with Gasteiger partial charge in [-0.2, -0.15) is 13.2 Å². The molecule has 7 nitrogen and oxygen atoms in total. The number of hydrogen-bond donors (Lipinski definition) is 1. The van der Waals surface area contributed by atoms with Gasteiger partial charge in [-0.25, -0.2) is 0 Å². The molecule has 0 unspecified atom stereocenters. The molecule has 2 aromatic carbocycles. The number of halogens is 3. The highest BCUT2D eigenvalue weighted by molar-refractivity contribution is 6.11. The van der Waals surface area contributed by atoms with E-state index in [1.165, 1.54) is 17.4 Å². The van der Waals surface area contributed by atoms with E-state index in [4.69, 9.17) is 4.74 Å². The highest BCUT2D eigenvalue weighted by Gasteiger charge is 2.46. The zero-order valence-electron chi connectivity index (χ0n) is 23.2. The van der Waals surface area contributed by atoms with E-state index in [-0.39, 0.29) is 23.1 Å². The summed E-state index contributed by atoms with van der Waals surface area (Å²) in [6.07, 6.45) is 6.15. The Morgan fingerprint density at radius 3 is 2.59 bits per heavy atom. The summed E-state index contributed by atoms with van der Waals surface area (Å²) in [7, 11) is 1.92. The van der Waals surface area contributed by atoms with Crippen molar-refractivity contribution in [2.45, 2.75) is 88.5 Å². The number of aromatic nitrogens is 3. The molecular formula is C31H34F3N5O2. The second kappa shape index (κ2) is 9.86. The van der Waals surface area contributed by atoms with Crippen molar-refractivity contribution in [2.24, 2.45) is 7.05 Å². The van der Waals surface area contributed by atoms with Gasteiger partial charge in [-0.3, -0.25) is 4.79 Å². The molecule has 2 saturated carbocycles. The van der Waals surface area contributed by atoms with E-state index in [9.17, 15) is 18.0 Å². The molecule has 0 atom stereocenters. The largest absolute Gasteiger partial charge is 0.491 e. The summed E-state index contributed by atoms with van der Waals surface area (Å²) in [6, 6.07) is 7.25. The molecule has 216 valence electrons. The van der Waals surface area contributed by atoms with Gasteiger partial charge in [0.25, 0.3) is 5.91 Å². The number of ether oxygens (including phenoxy) is 1. The average molecular weight is 566 g/mol. The Hall–Kier alpha value is -3.40. The number of alkyl halides is 3. The van der Waals surface area contributed by atoms with Crippen LogP contribution in [-0.2, 0) is 38.1 Å². The normalized spacial score (nSPS) is 20.1. The predicted molar refractivity (Wildman–Crippen MR) is 147 cm³/mol. The molecule has 3 heterocycles. The molecule has 7 rings (SSSR count). The van der Waals surface area contributed by atoms with E-state index in [1.54, 1.807) is 12.4 Å². The Morgan fingerprint density at radius 2 is 1.90 bits per heavy atom. The first-order valence-electron chi connectivity index (χ1n) is 14.7. The van der Waals surface area contributed by atoms with E-state index in [0.717, 1.165) is 61.9 Å². The fourth-order valence-corrected chi connectivity index (χ4v) is 7.24. The summed E-state index contributed by atoms with van der Waals surface area (Å²) in [5.74, 6) is 1.04. The summed E-state index contributed by atoms with van der Waals surface area (Å²) in [6.45, 7) is 0.639. The molecule has 1 amide bonds. The summed E-state index contributed by atoms with van der Waals surface area (Å²) < 4.78 is 51.0. The van der Waals surface area contributed by atoms with Crippen molar-refractivity contribution in [1.29, 1.82) is 0 Å². The molecule has 0 bridgehead atoms. The van der Waals surface area contributed by atoms with Crippen molar-refractivity contribution in [3.8, 4) is 5.75 Å². The number of rotatable bonds is 6. The lowest BCUT2D eigenvalue weighted by Crippen LogP contribution is -2.38. The number of aryl methyl sites for hydroxylation is 1. The highest BCUT2D eigenvalue weighted by atomic mass is 19.4. The van der Waals surface area contributed by atoms with Crippen LogP contribution < -0.4 is 15.0 Å². The van der Waals surface area contributed by atoms with E-state index >= 15 is 0 Å². The van der Waals surface area contributed by atoms with Crippen molar-refractivity contribution >= 4 is 11.6 Å². The fourth-order valence-electron chi connectivity index (χ4n) is 7.24. The van der Waals surface area contributed by atoms with Crippen molar-refractivity contribution < 1.29 is 22.7 Å². The molecule has 0 radical (unpaired) electrons. The number of benzene rings is 2. The zero-order valence-corrected chi connectivity index (χ0v) is 23.2. The Balaban J connectivity index is 1.27. The summed E-state index contributed by atoms with van der Waals surface area (Å²) >= 11 is 0. The first-order chi connectivity index (χ1) is 19.7. The maximum atomic E-state index is 14.4. The molecule has 2 aliphatic heterocycles. The molecule has 0 spiro atoms. The van der Waals surface area contributed by atoms with Gasteiger partial charge < -0.3 is 19.5 Å². The van der Waals surface area contributed by atoms with Crippen molar-refractivity contribution in [3.05, 3.63) is 69.8 Å². The standard InChI is InChI=1S/C31H34F3N5O2/c1-38-18-36-37-29(38)30(9-5-10-30)21-14-20-8-11-41-27(20)26(15-21)39-17-24-23(28(39)40)12-19(13-25(24)31(32,33)34)16-35-22-6-3-2-4-7-22/h12-15,18,22,35H,2-11,16-17H2,1H3. The molecule has 4 aliphatic rings. The molecule has 10 heteroatoms. The maximum Gasteiger partial charge on any atom is 0.416 e. The molecule has 1 aromatic heterocycles. The third-order valence-corrected chi connectivity index (χ3v) is 9.56. The first-order valence-corrected chi connectivity index (χ1v) is 14.7. The van der Waals surface area contributed by atoms with Gasteiger partial charge in [0, 0.05) is 31.6 Å². The maximum absolute atomic E-state index is 14.4. The third-order valence-electron chi connectivity index (χ3n) is 9.56. The number of carbonyl (C=O) groups is 1. The van der Waals surface area contributed by atoms with E-state index < -0.39 is 17.6 Å². The van der Waals surface area contributed by atoms with E-state index in [0.29, 0.717) is 42.6 Å². The summed E-state index contributed by atoms with van der Waals surface area (Å²) in [4.78, 5) is 15.4. The van der Waals surface area contributed by atoms with Crippen LogP contribution in [0.3, 0.4) is 0 Å². The van der Waals surface area contributed by atoms with Crippen LogP contribution >= 0.6 is 0 Å². The van der Waals surface area contributed by atoms with E-state index in [1.807, 2.05) is 17.7 Å². The number of anilines is 1. The minimum Gasteiger partial charge on any atom is -0.491 e. The van der Waals surface area contributed by atoms with Gasteiger partial charge in [-0.1, -0.05) is 31.7 Å². The Labute approximate surface area is 237 Å². The number of amides is 1. The third kappa shape index (κ3) is 4.42. The molecule has 1 N–H and O–H groups in total. The number of hydrogen-bond acceptors (Lipinski definition) is 5. The van der Waals surface area contributed by atoms with Gasteiger partial charge in [-0.05, 0) is 66.1 Å². The average Bonchev–Trinajstić information content (AvgIpc) is 3.66. The highest BCUT2D eigenvalue weighted by Crippen LogP contribution is 2.52. The van der Waals surface area contributed by atoms with Gasteiger partial charge in [0.05, 0.1) is 29.8 Å². The smallest absolute Gasteiger partial charge is 0.416 e. The van der Waals surface area contributed by atoms with Crippen molar-refractivity contribution in [1.82, 2.24) is 20.1 Å². The van der Waals surface area contributed by atoms with Crippen LogP contribution in [0, 0.1) is 0 Å². The Kier molecular flexibility index (Phi) is 6.37. The first kappa shape index (κ1) is 26.5. The second-order valence-electron chi connectivity index (χ2n) is 12.1. The van der Waals surface area contributed by atoms with Crippen molar-refractivity contribution in [3.63, 3.8) is 0 Å². The Bertz CT molecular complexity index is 1500. The lowest BCUT2D eigenvalue weighted by molar-refractivity contribution is -0.138. The minimum atomic E-state index is -4.57. The van der Waals surface area contributed by atoms with Crippen LogP contribution in [0.25, 0.3) is 0 Å². The summed E-state index contributed by atoms with van der Waals surface area (Å²) in [5, 5.41) is 12.0. The lowest BCUT2D eigenvalue weighted by atomic mass is 9.63. The van der Waals surface area contributed by atoms with Crippen LogP contribution in [0.15, 0.2) is 30.6 Å². The topological polar surface area (TPSA) is 72.3 Å². The molecule has 0 saturated heterocycles. The number of fused-ring (bicyclic) bond motifs is 2. The molecule has 2 aliphatic carbocycles. The van der Waals surface area contributed by atoms with Gasteiger partial charge in [0.2, 0.25) is 0 Å². The van der Waals surface area contributed by atoms with Crippen LogP contribution in [0.4, 0.5) is 18.9 Å². The SMILES string of the molecule is Cn1cnnc1C1(c2cc3c(c(N4Cc5c(cc(CNC6CCCCC6)cc5C(F)(F)F)C4=O)c2)OCC3)CCC1. The minimum absolute atomic E-state index is 0.0349. The van der Waals surface area contributed by atoms with Crippen molar-refractivity contribution in [2.75, 3.05) is 11.5 Å². The summed E-state index contributed by atoms with van der Waals surface area (Å²) in [5.41, 5.74) is 2.11.